The number of benzene rings is 2. The number of para-hydroxylation sites is 1. The number of hydrogen-bond donors (Lipinski definition) is 1. The molecule has 0 radical (unpaired) electrons. The summed E-state index contributed by atoms with van der Waals surface area (Å²) in [5, 5.41) is 5.49. The quantitative estimate of drug-likeness (QED) is 0.447. The van der Waals surface area contributed by atoms with Gasteiger partial charge in [0, 0.05) is 53.9 Å². The zero-order valence-corrected chi connectivity index (χ0v) is 17.9. The Morgan fingerprint density at radius 3 is 2.57 bits per heavy atom. The van der Waals surface area contributed by atoms with Crippen molar-refractivity contribution in [3.05, 3.63) is 65.3 Å². The summed E-state index contributed by atoms with van der Waals surface area (Å²) in [5.41, 5.74) is 1.94. The highest BCUT2D eigenvalue weighted by atomic mass is 35.5. The molecule has 0 saturated carbocycles. The monoisotopic (exact) mass is 446 g/mol. The van der Waals surface area contributed by atoms with Gasteiger partial charge in [-0.25, -0.2) is 4.83 Å². The first-order valence-corrected chi connectivity index (χ1v) is 11.6. The van der Waals surface area contributed by atoms with Gasteiger partial charge in [0.25, 0.3) is 10.0 Å². The zero-order valence-electron chi connectivity index (χ0n) is 16.4. The molecule has 7 nitrogen and oxygen atoms in total. The average molecular weight is 447 g/mol. The summed E-state index contributed by atoms with van der Waals surface area (Å²) in [6.45, 7) is 5.21. The fraction of sp³-hybridized carbons (Fsp3) is 0.286. The lowest BCUT2D eigenvalue weighted by Gasteiger charge is -2.26. The van der Waals surface area contributed by atoms with E-state index in [1.54, 1.807) is 6.21 Å². The minimum absolute atomic E-state index is 0.108. The molecule has 4 rings (SSSR count). The van der Waals surface area contributed by atoms with Gasteiger partial charge in [-0.3, -0.25) is 4.90 Å². The molecule has 30 heavy (non-hydrogen) atoms. The maximum Gasteiger partial charge on any atom is 0.276 e. The van der Waals surface area contributed by atoms with Crippen LogP contribution in [-0.4, -0.2) is 56.9 Å². The van der Waals surface area contributed by atoms with Crippen molar-refractivity contribution in [3.8, 4) is 0 Å². The molecule has 3 aromatic rings. The molecule has 0 unspecified atom stereocenters. The van der Waals surface area contributed by atoms with Crippen molar-refractivity contribution in [1.29, 1.82) is 0 Å². The van der Waals surface area contributed by atoms with E-state index in [1.165, 1.54) is 24.3 Å². The Morgan fingerprint density at radius 2 is 1.80 bits per heavy atom. The van der Waals surface area contributed by atoms with Crippen molar-refractivity contribution in [1.82, 2.24) is 14.3 Å². The minimum atomic E-state index is -3.75. The van der Waals surface area contributed by atoms with E-state index in [2.05, 4.69) is 25.5 Å². The van der Waals surface area contributed by atoms with Gasteiger partial charge in [0.05, 0.1) is 24.3 Å². The molecule has 0 spiro atoms. The van der Waals surface area contributed by atoms with Gasteiger partial charge in [0.2, 0.25) is 0 Å². The van der Waals surface area contributed by atoms with E-state index in [0.717, 1.165) is 55.9 Å². The highest BCUT2D eigenvalue weighted by molar-refractivity contribution is 7.89. The number of fused-ring (bicyclic) bond motifs is 1. The molecule has 0 atom stereocenters. The van der Waals surface area contributed by atoms with Gasteiger partial charge in [-0.05, 0) is 30.3 Å². The summed E-state index contributed by atoms with van der Waals surface area (Å²) in [6, 6.07) is 14.0. The fourth-order valence-corrected chi connectivity index (χ4v) is 4.39. The van der Waals surface area contributed by atoms with Crippen molar-refractivity contribution >= 4 is 38.7 Å². The molecular formula is C21H23ClN4O3S. The number of hydrogen-bond acceptors (Lipinski definition) is 5. The van der Waals surface area contributed by atoms with Crippen LogP contribution in [0, 0.1) is 0 Å². The first-order chi connectivity index (χ1) is 14.5. The standard InChI is InChI=1S/C21H23ClN4O3S/c22-18-5-7-19(8-6-18)30(27,28)24-23-15-17-16-26(21-4-2-1-3-20(17)21)10-9-25-11-13-29-14-12-25/h1-8,15-16,24H,9-14H2/b23-15+. The zero-order chi connectivity index (χ0) is 21.0. The summed E-state index contributed by atoms with van der Waals surface area (Å²) >= 11 is 5.82. The van der Waals surface area contributed by atoms with E-state index in [0.29, 0.717) is 5.02 Å². The minimum Gasteiger partial charge on any atom is -0.379 e. The number of hydrazone groups is 1. The Kier molecular flexibility index (Phi) is 6.38. The molecule has 1 aromatic heterocycles. The van der Waals surface area contributed by atoms with Crippen molar-refractivity contribution in [2.75, 3.05) is 32.8 Å². The molecule has 1 fully saturated rings. The SMILES string of the molecule is O=S(=O)(N/N=C/c1cn(CCN2CCOCC2)c2ccccc12)c1ccc(Cl)cc1. The van der Waals surface area contributed by atoms with Crippen LogP contribution in [0.15, 0.2) is 64.7 Å². The molecule has 0 amide bonds. The Labute approximate surface area is 180 Å². The Hall–Kier alpha value is -2.39. The van der Waals surface area contributed by atoms with E-state index < -0.39 is 10.0 Å². The molecule has 0 aliphatic carbocycles. The van der Waals surface area contributed by atoms with Crippen molar-refractivity contribution in [2.24, 2.45) is 5.10 Å². The predicted molar refractivity (Wildman–Crippen MR) is 119 cm³/mol. The van der Waals surface area contributed by atoms with Crippen LogP contribution in [0.1, 0.15) is 5.56 Å². The third-order valence-electron chi connectivity index (χ3n) is 5.08. The van der Waals surface area contributed by atoms with Gasteiger partial charge in [0.15, 0.2) is 0 Å². The number of nitrogens with one attached hydrogen (secondary N) is 1. The van der Waals surface area contributed by atoms with Gasteiger partial charge in [-0.1, -0.05) is 29.8 Å². The van der Waals surface area contributed by atoms with E-state index in [-0.39, 0.29) is 4.90 Å². The maximum atomic E-state index is 12.4. The normalized spacial score (nSPS) is 15.8. The van der Waals surface area contributed by atoms with Crippen LogP contribution in [-0.2, 0) is 21.3 Å². The molecule has 1 N–H and O–H groups in total. The van der Waals surface area contributed by atoms with Crippen molar-refractivity contribution in [3.63, 3.8) is 0 Å². The van der Waals surface area contributed by atoms with Crippen LogP contribution >= 0.6 is 11.6 Å². The second-order valence-electron chi connectivity index (χ2n) is 7.06. The lowest BCUT2D eigenvalue weighted by Crippen LogP contribution is -2.38. The molecule has 1 saturated heterocycles. The van der Waals surface area contributed by atoms with Crippen LogP contribution in [0.3, 0.4) is 0 Å². The van der Waals surface area contributed by atoms with E-state index >= 15 is 0 Å². The van der Waals surface area contributed by atoms with Crippen LogP contribution in [0.4, 0.5) is 0 Å². The number of ether oxygens (including phenoxy) is 1. The first kappa shape index (κ1) is 20.9. The Bertz CT molecular complexity index is 1140. The number of morpholine rings is 1. The average Bonchev–Trinajstić information content (AvgIpc) is 3.11. The van der Waals surface area contributed by atoms with Crippen LogP contribution in [0.2, 0.25) is 5.02 Å². The fourth-order valence-electron chi connectivity index (χ4n) is 3.47. The Morgan fingerprint density at radius 1 is 1.07 bits per heavy atom. The second-order valence-corrected chi connectivity index (χ2v) is 9.15. The van der Waals surface area contributed by atoms with Crippen LogP contribution < -0.4 is 4.83 Å². The molecule has 9 heteroatoms. The third kappa shape index (κ3) is 4.84. The summed E-state index contributed by atoms with van der Waals surface area (Å²) in [5.74, 6) is 0. The maximum absolute atomic E-state index is 12.4. The summed E-state index contributed by atoms with van der Waals surface area (Å²) in [4.78, 5) is 4.76. The first-order valence-electron chi connectivity index (χ1n) is 9.71. The lowest BCUT2D eigenvalue weighted by atomic mass is 10.2. The van der Waals surface area contributed by atoms with Gasteiger partial charge < -0.3 is 9.30 Å². The second kappa shape index (κ2) is 9.18. The van der Waals surface area contributed by atoms with Crippen LogP contribution in [0.25, 0.3) is 10.9 Å². The molecular weight excluding hydrogens is 424 g/mol. The van der Waals surface area contributed by atoms with Gasteiger partial charge >= 0.3 is 0 Å². The van der Waals surface area contributed by atoms with Crippen LogP contribution in [0.5, 0.6) is 0 Å². The van der Waals surface area contributed by atoms with Gasteiger partial charge in [-0.15, -0.1) is 0 Å². The van der Waals surface area contributed by atoms with E-state index in [1.807, 2.05) is 24.4 Å². The number of sulfonamides is 1. The highest BCUT2D eigenvalue weighted by Gasteiger charge is 2.14. The third-order valence-corrected chi connectivity index (χ3v) is 6.57. The number of nitrogens with zero attached hydrogens (tertiary/aromatic N) is 3. The highest BCUT2D eigenvalue weighted by Crippen LogP contribution is 2.20. The predicted octanol–water partition coefficient (Wildman–Crippen LogP) is 2.94. The molecule has 0 bridgehead atoms. The number of aromatic nitrogens is 1. The largest absolute Gasteiger partial charge is 0.379 e. The van der Waals surface area contributed by atoms with Gasteiger partial charge in [0.1, 0.15) is 0 Å². The topological polar surface area (TPSA) is 75.9 Å². The lowest BCUT2D eigenvalue weighted by molar-refractivity contribution is 0.0365. The van der Waals surface area contributed by atoms with Crippen molar-refractivity contribution < 1.29 is 13.2 Å². The molecule has 2 aromatic carbocycles. The summed E-state index contributed by atoms with van der Waals surface area (Å²) in [6.07, 6.45) is 3.55. The molecule has 2 heterocycles. The summed E-state index contributed by atoms with van der Waals surface area (Å²) in [7, 11) is -3.75. The Balaban J connectivity index is 1.50. The molecule has 1 aliphatic heterocycles. The smallest absolute Gasteiger partial charge is 0.276 e. The van der Waals surface area contributed by atoms with E-state index in [9.17, 15) is 8.42 Å². The number of rotatable bonds is 7. The van der Waals surface area contributed by atoms with Crippen molar-refractivity contribution in [2.45, 2.75) is 11.4 Å². The van der Waals surface area contributed by atoms with E-state index in [4.69, 9.17) is 16.3 Å². The summed E-state index contributed by atoms with van der Waals surface area (Å²) < 4.78 is 32.4. The molecule has 158 valence electrons. The number of halogens is 1. The molecule has 1 aliphatic rings. The van der Waals surface area contributed by atoms with Gasteiger partial charge in [-0.2, -0.15) is 13.5 Å².